The van der Waals surface area contributed by atoms with Crippen LogP contribution in [0, 0.1) is 0 Å². The minimum Gasteiger partial charge on any atom is -0.444 e. The van der Waals surface area contributed by atoms with Gasteiger partial charge in [-0.2, -0.15) is 0 Å². The van der Waals surface area contributed by atoms with E-state index >= 15 is 0 Å². The van der Waals surface area contributed by atoms with E-state index in [0.29, 0.717) is 19.5 Å². The number of ether oxygens (including phenoxy) is 1. The molecular weight excluding hydrogens is 340 g/mol. The first-order valence-electron chi connectivity index (χ1n) is 9.21. The smallest absolute Gasteiger partial charge is 0.411 e. The predicted octanol–water partition coefficient (Wildman–Crippen LogP) is 3.66. The first kappa shape index (κ1) is 19.0. The van der Waals surface area contributed by atoms with Gasteiger partial charge in [-0.1, -0.05) is 54.6 Å². The largest absolute Gasteiger partial charge is 0.444 e. The van der Waals surface area contributed by atoms with Crippen molar-refractivity contribution in [2.45, 2.75) is 51.9 Å². The van der Waals surface area contributed by atoms with Crippen molar-refractivity contribution < 1.29 is 14.3 Å². The van der Waals surface area contributed by atoms with E-state index in [1.165, 1.54) is 4.90 Å². The molecule has 0 aliphatic carbocycles. The number of hydrogen-bond acceptors (Lipinski definition) is 3. The topological polar surface area (TPSA) is 58.6 Å². The fourth-order valence-corrected chi connectivity index (χ4v) is 3.17. The van der Waals surface area contributed by atoms with Gasteiger partial charge in [0.25, 0.3) is 0 Å². The highest BCUT2D eigenvalue weighted by Gasteiger charge is 2.36. The molecule has 1 aliphatic heterocycles. The normalized spacial score (nSPS) is 16.4. The molecule has 1 heterocycles. The molecule has 5 nitrogen and oxygen atoms in total. The van der Waals surface area contributed by atoms with Crippen molar-refractivity contribution >= 4 is 12.0 Å². The number of nitrogens with one attached hydrogen (secondary N) is 1. The molecule has 0 unspecified atom stereocenters. The molecule has 1 atom stereocenters. The van der Waals surface area contributed by atoms with E-state index in [-0.39, 0.29) is 5.91 Å². The number of hydrogen-bond donors (Lipinski definition) is 1. The van der Waals surface area contributed by atoms with Crippen LogP contribution in [-0.4, -0.2) is 28.5 Å². The zero-order chi connectivity index (χ0) is 19.4. The second-order valence-corrected chi connectivity index (χ2v) is 7.80. The van der Waals surface area contributed by atoms with Gasteiger partial charge in [0.2, 0.25) is 5.91 Å². The van der Waals surface area contributed by atoms with Crippen LogP contribution in [0.1, 0.15) is 37.5 Å². The van der Waals surface area contributed by atoms with Gasteiger partial charge >= 0.3 is 6.09 Å². The summed E-state index contributed by atoms with van der Waals surface area (Å²) in [4.78, 5) is 27.2. The highest BCUT2D eigenvalue weighted by Crippen LogP contribution is 2.25. The Bertz CT molecular complexity index is 812. The van der Waals surface area contributed by atoms with Crippen LogP contribution >= 0.6 is 0 Å². The van der Waals surface area contributed by atoms with E-state index in [1.807, 2.05) is 75.4 Å². The molecular formula is C22H26N2O3. The first-order chi connectivity index (χ1) is 12.8. The lowest BCUT2D eigenvalue weighted by Gasteiger charge is -2.36. The van der Waals surface area contributed by atoms with E-state index in [1.54, 1.807) is 0 Å². The van der Waals surface area contributed by atoms with Crippen molar-refractivity contribution in [2.24, 2.45) is 0 Å². The zero-order valence-electron chi connectivity index (χ0n) is 16.1. The molecule has 2 aromatic carbocycles. The lowest BCUT2D eigenvalue weighted by Crippen LogP contribution is -2.53. The number of amides is 2. The van der Waals surface area contributed by atoms with Crippen LogP contribution in [0.2, 0.25) is 0 Å². The number of rotatable bonds is 3. The van der Waals surface area contributed by atoms with Crippen LogP contribution in [0.4, 0.5) is 4.79 Å². The molecule has 2 aromatic rings. The summed E-state index contributed by atoms with van der Waals surface area (Å²) in [6.45, 7) is 6.28. The highest BCUT2D eigenvalue weighted by atomic mass is 16.6. The lowest BCUT2D eigenvalue weighted by molar-refractivity contribution is -0.127. The molecule has 2 amide bonds. The van der Waals surface area contributed by atoms with Crippen molar-refractivity contribution in [1.29, 1.82) is 0 Å². The second kappa shape index (κ2) is 7.82. The average Bonchev–Trinajstić information content (AvgIpc) is 2.64. The predicted molar refractivity (Wildman–Crippen MR) is 104 cm³/mol. The molecule has 0 radical (unpaired) electrons. The van der Waals surface area contributed by atoms with Crippen molar-refractivity contribution in [3.05, 3.63) is 71.3 Å². The molecule has 0 bridgehead atoms. The van der Waals surface area contributed by atoms with Crippen molar-refractivity contribution in [2.75, 3.05) is 0 Å². The number of fused-ring (bicyclic) bond motifs is 1. The quantitative estimate of drug-likeness (QED) is 0.902. The van der Waals surface area contributed by atoms with Gasteiger partial charge < -0.3 is 10.1 Å². The van der Waals surface area contributed by atoms with E-state index in [4.69, 9.17) is 4.74 Å². The molecule has 5 heteroatoms. The molecule has 0 spiro atoms. The molecule has 0 aromatic heterocycles. The van der Waals surface area contributed by atoms with Crippen LogP contribution in [-0.2, 0) is 29.0 Å². The molecule has 3 rings (SSSR count). The maximum absolute atomic E-state index is 12.9. The number of carbonyl (C=O) groups excluding carboxylic acids is 2. The first-order valence-corrected chi connectivity index (χ1v) is 9.21. The summed E-state index contributed by atoms with van der Waals surface area (Å²) in [6.07, 6.45) is 0.0209. The fourth-order valence-electron chi connectivity index (χ4n) is 3.17. The summed E-state index contributed by atoms with van der Waals surface area (Å²) in [5.74, 6) is -0.167. The van der Waals surface area contributed by atoms with Gasteiger partial charge in [0.15, 0.2) is 0 Å². The highest BCUT2D eigenvalue weighted by molar-refractivity contribution is 5.86. The Balaban J connectivity index is 1.78. The summed E-state index contributed by atoms with van der Waals surface area (Å²) in [7, 11) is 0. The van der Waals surface area contributed by atoms with E-state index in [0.717, 1.165) is 16.7 Å². The zero-order valence-corrected chi connectivity index (χ0v) is 16.1. The summed E-state index contributed by atoms with van der Waals surface area (Å²) >= 11 is 0. The summed E-state index contributed by atoms with van der Waals surface area (Å²) in [5.41, 5.74) is 2.55. The standard InChI is InChI=1S/C22H26N2O3/c1-22(2,3)27-21(26)24-15-18-12-8-7-11-17(18)13-19(24)20(25)23-14-16-9-5-4-6-10-16/h4-12,19H,13-15H2,1-3H3,(H,23,25)/t19-/m0/s1. The van der Waals surface area contributed by atoms with Crippen molar-refractivity contribution in [1.82, 2.24) is 10.2 Å². The lowest BCUT2D eigenvalue weighted by atomic mass is 9.93. The van der Waals surface area contributed by atoms with E-state index < -0.39 is 17.7 Å². The molecule has 0 saturated carbocycles. The van der Waals surface area contributed by atoms with Crippen LogP contribution in [0.5, 0.6) is 0 Å². The minimum absolute atomic E-state index is 0.167. The summed E-state index contributed by atoms with van der Waals surface area (Å²) < 4.78 is 5.54. The van der Waals surface area contributed by atoms with Gasteiger partial charge in [-0.05, 0) is 37.5 Å². The summed E-state index contributed by atoms with van der Waals surface area (Å²) in [5, 5.41) is 2.96. The maximum atomic E-state index is 12.9. The van der Waals surface area contributed by atoms with Gasteiger partial charge in [0.1, 0.15) is 11.6 Å². The SMILES string of the molecule is CC(C)(C)OC(=O)N1Cc2ccccc2C[C@H]1C(=O)NCc1ccccc1. The molecule has 1 N–H and O–H groups in total. The number of carbonyl (C=O) groups is 2. The van der Waals surface area contributed by atoms with E-state index in [2.05, 4.69) is 5.32 Å². The number of benzene rings is 2. The monoisotopic (exact) mass is 366 g/mol. The molecule has 0 saturated heterocycles. The second-order valence-electron chi connectivity index (χ2n) is 7.80. The van der Waals surface area contributed by atoms with Crippen molar-refractivity contribution in [3.8, 4) is 0 Å². The van der Waals surface area contributed by atoms with E-state index in [9.17, 15) is 9.59 Å². The molecule has 142 valence electrons. The fraction of sp³-hybridized carbons (Fsp3) is 0.364. The van der Waals surface area contributed by atoms with Gasteiger partial charge in [-0.3, -0.25) is 9.69 Å². The maximum Gasteiger partial charge on any atom is 0.411 e. The molecule has 0 fully saturated rings. The summed E-state index contributed by atoms with van der Waals surface area (Å²) in [6, 6.07) is 17.1. The third-order valence-corrected chi connectivity index (χ3v) is 4.49. The van der Waals surface area contributed by atoms with Gasteiger partial charge in [0, 0.05) is 13.0 Å². The Morgan fingerprint density at radius 1 is 1.04 bits per heavy atom. The average molecular weight is 366 g/mol. The molecule has 1 aliphatic rings. The Morgan fingerprint density at radius 3 is 2.33 bits per heavy atom. The number of nitrogens with zero attached hydrogens (tertiary/aromatic N) is 1. The third kappa shape index (κ3) is 4.88. The Labute approximate surface area is 160 Å². The molecule has 27 heavy (non-hydrogen) atoms. The third-order valence-electron chi connectivity index (χ3n) is 4.49. The van der Waals surface area contributed by atoms with Gasteiger partial charge in [-0.15, -0.1) is 0 Å². The minimum atomic E-state index is -0.612. The Morgan fingerprint density at radius 2 is 1.67 bits per heavy atom. The van der Waals surface area contributed by atoms with Gasteiger partial charge in [0.05, 0.1) is 6.54 Å². The van der Waals surface area contributed by atoms with Crippen LogP contribution in [0.15, 0.2) is 54.6 Å². The Kier molecular flexibility index (Phi) is 5.49. The van der Waals surface area contributed by atoms with Crippen LogP contribution in [0.3, 0.4) is 0 Å². The van der Waals surface area contributed by atoms with Crippen LogP contribution < -0.4 is 5.32 Å². The Hall–Kier alpha value is -2.82. The van der Waals surface area contributed by atoms with Crippen molar-refractivity contribution in [3.63, 3.8) is 0 Å². The van der Waals surface area contributed by atoms with Crippen LogP contribution in [0.25, 0.3) is 0 Å². The van der Waals surface area contributed by atoms with Gasteiger partial charge in [-0.25, -0.2) is 4.79 Å².